The molecule has 80 valence electrons. The predicted octanol–water partition coefficient (Wildman–Crippen LogP) is 1.39. The summed E-state index contributed by atoms with van der Waals surface area (Å²) in [7, 11) is 0. The van der Waals surface area contributed by atoms with Crippen molar-refractivity contribution in [3.05, 3.63) is 18.1 Å². The summed E-state index contributed by atoms with van der Waals surface area (Å²) in [5.74, 6) is 0.199. The van der Waals surface area contributed by atoms with E-state index in [2.05, 4.69) is 22.2 Å². The Hall–Kier alpha value is -1.65. The summed E-state index contributed by atoms with van der Waals surface area (Å²) < 4.78 is 0. The first-order valence-corrected chi connectivity index (χ1v) is 5.02. The highest BCUT2D eigenvalue weighted by molar-refractivity contribution is 5.85. The SMILES string of the molecule is CCC1CC1Nc1cncc(C(=O)O)n1. The third-order valence-corrected chi connectivity index (χ3v) is 2.63. The van der Waals surface area contributed by atoms with Gasteiger partial charge in [0.1, 0.15) is 5.82 Å². The highest BCUT2D eigenvalue weighted by Crippen LogP contribution is 2.35. The molecule has 0 amide bonds. The van der Waals surface area contributed by atoms with Gasteiger partial charge in [0.2, 0.25) is 0 Å². The van der Waals surface area contributed by atoms with Gasteiger partial charge in [0.15, 0.2) is 5.69 Å². The maximum Gasteiger partial charge on any atom is 0.356 e. The zero-order valence-electron chi connectivity index (χ0n) is 8.47. The summed E-state index contributed by atoms with van der Waals surface area (Å²) in [6, 6.07) is 0.438. The van der Waals surface area contributed by atoms with Gasteiger partial charge in [0.05, 0.1) is 12.4 Å². The maximum atomic E-state index is 10.6. The number of rotatable bonds is 4. The van der Waals surface area contributed by atoms with Gasteiger partial charge in [-0.3, -0.25) is 4.98 Å². The first-order valence-electron chi connectivity index (χ1n) is 5.02. The Morgan fingerprint density at radius 2 is 2.47 bits per heavy atom. The fourth-order valence-corrected chi connectivity index (χ4v) is 1.60. The van der Waals surface area contributed by atoms with Crippen molar-refractivity contribution in [2.75, 3.05) is 5.32 Å². The molecule has 15 heavy (non-hydrogen) atoms. The highest BCUT2D eigenvalue weighted by atomic mass is 16.4. The van der Waals surface area contributed by atoms with Crippen LogP contribution in [0.15, 0.2) is 12.4 Å². The third kappa shape index (κ3) is 2.23. The van der Waals surface area contributed by atoms with Crippen LogP contribution in [0.2, 0.25) is 0 Å². The van der Waals surface area contributed by atoms with Gasteiger partial charge in [-0.05, 0) is 12.3 Å². The van der Waals surface area contributed by atoms with Crippen molar-refractivity contribution in [2.24, 2.45) is 5.92 Å². The van der Waals surface area contributed by atoms with Crippen molar-refractivity contribution in [1.82, 2.24) is 9.97 Å². The van der Waals surface area contributed by atoms with Crippen LogP contribution in [-0.2, 0) is 0 Å². The van der Waals surface area contributed by atoms with E-state index in [4.69, 9.17) is 5.11 Å². The van der Waals surface area contributed by atoms with Gasteiger partial charge < -0.3 is 10.4 Å². The standard InChI is InChI=1S/C10H13N3O2/c1-2-6-3-7(6)12-9-5-11-4-8(13-9)10(14)15/h4-7H,2-3H2,1H3,(H,12,13)(H,14,15). The van der Waals surface area contributed by atoms with E-state index in [1.54, 1.807) is 6.20 Å². The number of aromatic carboxylic acids is 1. The van der Waals surface area contributed by atoms with Crippen LogP contribution in [0.25, 0.3) is 0 Å². The van der Waals surface area contributed by atoms with E-state index < -0.39 is 5.97 Å². The summed E-state index contributed by atoms with van der Waals surface area (Å²) in [5.41, 5.74) is -0.0197. The van der Waals surface area contributed by atoms with Crippen molar-refractivity contribution < 1.29 is 9.90 Å². The number of aromatic nitrogens is 2. The van der Waals surface area contributed by atoms with Gasteiger partial charge in [-0.1, -0.05) is 13.3 Å². The molecule has 0 spiro atoms. The van der Waals surface area contributed by atoms with E-state index in [-0.39, 0.29) is 5.69 Å². The minimum Gasteiger partial charge on any atom is -0.476 e. The lowest BCUT2D eigenvalue weighted by Crippen LogP contribution is -2.09. The topological polar surface area (TPSA) is 75.1 Å². The molecule has 5 heteroatoms. The quantitative estimate of drug-likeness (QED) is 0.780. The lowest BCUT2D eigenvalue weighted by Gasteiger charge is -2.03. The first-order chi connectivity index (χ1) is 7.20. The van der Waals surface area contributed by atoms with Crippen LogP contribution in [0.1, 0.15) is 30.3 Å². The summed E-state index contributed by atoms with van der Waals surface area (Å²) >= 11 is 0. The molecule has 0 aromatic carbocycles. The van der Waals surface area contributed by atoms with Gasteiger partial charge in [0.25, 0.3) is 0 Å². The third-order valence-electron chi connectivity index (χ3n) is 2.63. The van der Waals surface area contributed by atoms with E-state index in [1.807, 2.05) is 0 Å². The molecule has 1 saturated carbocycles. The van der Waals surface area contributed by atoms with E-state index in [0.29, 0.717) is 17.8 Å². The minimum atomic E-state index is -1.05. The normalized spacial score (nSPS) is 23.5. The van der Waals surface area contributed by atoms with E-state index in [1.165, 1.54) is 6.20 Å². The number of nitrogens with zero attached hydrogens (tertiary/aromatic N) is 2. The van der Waals surface area contributed by atoms with E-state index in [9.17, 15) is 4.79 Å². The number of nitrogens with one attached hydrogen (secondary N) is 1. The average molecular weight is 207 g/mol. The van der Waals surface area contributed by atoms with E-state index >= 15 is 0 Å². The zero-order chi connectivity index (χ0) is 10.8. The number of anilines is 1. The lowest BCUT2D eigenvalue weighted by molar-refractivity contribution is 0.0690. The van der Waals surface area contributed by atoms with Crippen LogP contribution in [0.3, 0.4) is 0 Å². The molecular weight excluding hydrogens is 194 g/mol. The van der Waals surface area contributed by atoms with Gasteiger partial charge in [-0.2, -0.15) is 0 Å². The molecule has 2 unspecified atom stereocenters. The Bertz CT molecular complexity index is 381. The number of carbonyl (C=O) groups is 1. The predicted molar refractivity (Wildman–Crippen MR) is 54.8 cm³/mol. The first kappa shape index (κ1) is 9.89. The molecule has 1 heterocycles. The van der Waals surface area contributed by atoms with E-state index in [0.717, 1.165) is 12.8 Å². The summed E-state index contributed by atoms with van der Waals surface area (Å²) in [6.07, 6.45) is 5.08. The molecule has 0 radical (unpaired) electrons. The fourth-order valence-electron chi connectivity index (χ4n) is 1.60. The largest absolute Gasteiger partial charge is 0.476 e. The Kier molecular flexibility index (Phi) is 2.53. The zero-order valence-corrected chi connectivity index (χ0v) is 8.47. The van der Waals surface area contributed by atoms with Crippen LogP contribution in [0, 0.1) is 5.92 Å². The van der Waals surface area contributed by atoms with Crippen molar-refractivity contribution in [3.8, 4) is 0 Å². The van der Waals surface area contributed by atoms with Crippen LogP contribution in [0.4, 0.5) is 5.82 Å². The summed E-state index contributed by atoms with van der Waals surface area (Å²) in [6.45, 7) is 2.14. The van der Waals surface area contributed by atoms with Gasteiger partial charge in [-0.15, -0.1) is 0 Å². The second-order valence-corrected chi connectivity index (χ2v) is 3.75. The molecule has 0 aliphatic heterocycles. The summed E-state index contributed by atoms with van der Waals surface area (Å²) in [5, 5.41) is 11.9. The molecule has 1 aromatic rings. The molecule has 1 aliphatic carbocycles. The highest BCUT2D eigenvalue weighted by Gasteiger charge is 2.35. The monoisotopic (exact) mass is 207 g/mol. The van der Waals surface area contributed by atoms with Crippen LogP contribution >= 0.6 is 0 Å². The molecule has 5 nitrogen and oxygen atoms in total. The molecule has 1 aromatic heterocycles. The van der Waals surface area contributed by atoms with Gasteiger partial charge >= 0.3 is 5.97 Å². The Labute approximate surface area is 87.6 Å². The van der Waals surface area contributed by atoms with Crippen LogP contribution in [0.5, 0.6) is 0 Å². The van der Waals surface area contributed by atoms with Crippen molar-refractivity contribution in [3.63, 3.8) is 0 Å². The number of carboxylic acid groups (broad SMARTS) is 1. The average Bonchev–Trinajstić information content (AvgIpc) is 2.97. The minimum absolute atomic E-state index is 0.0197. The maximum absolute atomic E-state index is 10.6. The van der Waals surface area contributed by atoms with Crippen LogP contribution in [-0.4, -0.2) is 27.1 Å². The molecule has 1 fully saturated rings. The van der Waals surface area contributed by atoms with Crippen LogP contribution < -0.4 is 5.32 Å². The summed E-state index contributed by atoms with van der Waals surface area (Å²) in [4.78, 5) is 18.4. The van der Waals surface area contributed by atoms with Gasteiger partial charge in [0, 0.05) is 6.04 Å². The molecule has 0 bridgehead atoms. The molecule has 2 atom stereocenters. The van der Waals surface area contributed by atoms with Gasteiger partial charge in [-0.25, -0.2) is 9.78 Å². The lowest BCUT2D eigenvalue weighted by atomic mass is 10.3. The second-order valence-electron chi connectivity index (χ2n) is 3.75. The fraction of sp³-hybridized carbons (Fsp3) is 0.500. The molecule has 0 saturated heterocycles. The Morgan fingerprint density at radius 3 is 3.07 bits per heavy atom. The second kappa shape index (κ2) is 3.84. The molecule has 2 N–H and O–H groups in total. The molecule has 2 rings (SSSR count). The number of hydrogen-bond acceptors (Lipinski definition) is 4. The molecule has 1 aliphatic rings. The number of carboxylic acids is 1. The molecular formula is C10H13N3O2. The smallest absolute Gasteiger partial charge is 0.356 e. The van der Waals surface area contributed by atoms with Crippen molar-refractivity contribution >= 4 is 11.8 Å². The number of hydrogen-bond donors (Lipinski definition) is 2. The Balaban J connectivity index is 2.03. The van der Waals surface area contributed by atoms with Crippen molar-refractivity contribution in [2.45, 2.75) is 25.8 Å². The van der Waals surface area contributed by atoms with Crippen molar-refractivity contribution in [1.29, 1.82) is 0 Å². The Morgan fingerprint density at radius 1 is 1.67 bits per heavy atom.